The van der Waals surface area contributed by atoms with Crippen LogP contribution in [0.5, 0.6) is 0 Å². The van der Waals surface area contributed by atoms with Crippen LogP contribution >= 0.6 is 11.3 Å². The van der Waals surface area contributed by atoms with E-state index in [1.807, 2.05) is 11.3 Å². The lowest BCUT2D eigenvalue weighted by Gasteiger charge is -2.51. The molecule has 2 atom stereocenters. The van der Waals surface area contributed by atoms with E-state index in [4.69, 9.17) is 4.42 Å². The summed E-state index contributed by atoms with van der Waals surface area (Å²) in [4.78, 5) is 8.37. The Morgan fingerprint density at radius 1 is 0.442 bits per heavy atom. The highest BCUT2D eigenvalue weighted by Crippen LogP contribution is 2.63. The van der Waals surface area contributed by atoms with E-state index in [0.717, 1.165) is 54.3 Å². The summed E-state index contributed by atoms with van der Waals surface area (Å²) in [5, 5.41) is 4.92. The SMILES string of the molecule is CC(C)(C)c1ccc2c(c1)C1(C)CCCCC1(C)N2c1cc2c3c(c1)N(c1cccc4sc5ccccc5c14)c1c(ccc4c1oc1ccc(C(C)(C)C)cc14)B3c1cc3c(cc1N2c1ccc2c(c1)C(C)(C)CCC2(C)C)C(C)(C)CCC3(C)C. The van der Waals surface area contributed by atoms with Crippen molar-refractivity contribution in [2.24, 2.45) is 0 Å². The number of fused-ring (bicyclic) bond motifs is 16. The fourth-order valence-corrected chi connectivity index (χ4v) is 18.9. The Morgan fingerprint density at radius 3 is 1.79 bits per heavy atom. The smallest absolute Gasteiger partial charge is 0.252 e. The molecule has 0 bridgehead atoms. The van der Waals surface area contributed by atoms with Gasteiger partial charge in [-0.2, -0.15) is 0 Å². The molecule has 3 aliphatic carbocycles. The first-order valence-corrected chi connectivity index (χ1v) is 33.4. The number of hydrogen-bond donors (Lipinski definition) is 0. The van der Waals surface area contributed by atoms with Crippen molar-refractivity contribution in [2.45, 2.75) is 206 Å². The molecule has 1 fully saturated rings. The number of furan rings is 1. The van der Waals surface area contributed by atoms with Crippen LogP contribution in [-0.2, 0) is 37.9 Å². The normalized spacial score (nSPS) is 22.2. The van der Waals surface area contributed by atoms with Crippen molar-refractivity contribution in [3.8, 4) is 0 Å². The van der Waals surface area contributed by atoms with Crippen molar-refractivity contribution in [1.82, 2.24) is 0 Å². The molecule has 8 aromatic carbocycles. The Bertz CT molecular complexity index is 4590. The van der Waals surface area contributed by atoms with Gasteiger partial charge in [0, 0.05) is 70.5 Å². The van der Waals surface area contributed by atoms with E-state index in [9.17, 15) is 0 Å². The molecule has 10 aromatic rings. The standard InChI is InChI=1S/C80H86BN3OS/c1-73(2,3)47-27-33-66-53(40-47)51-29-31-59-71(72(51)85-66)83(62-23-21-25-68-69(62)52-22-17-18-24-67(52)86-68)65-44-50(84-61-32-26-48(74(4,5)6)41-58(61)79(15)34-19-20-35-80(79,84)16)43-64-70(65)81(59)60-45-56-57(78(13,14)39-38-77(56,11)12)46-63(60)82(64)49-28-30-54-55(42-49)76(9,10)37-36-75(54,7)8/h17-18,21-33,40-46H,19-20,34-39H2,1-16H3. The second-order valence-corrected chi connectivity index (χ2v) is 33.6. The van der Waals surface area contributed by atoms with Gasteiger partial charge in [-0.05, 0) is 200 Å². The number of hydrogen-bond acceptors (Lipinski definition) is 5. The Balaban J connectivity index is 1.09. The molecule has 0 spiro atoms. The van der Waals surface area contributed by atoms with Crippen molar-refractivity contribution >= 4 is 122 Å². The first kappa shape index (κ1) is 54.6. The highest BCUT2D eigenvalue weighted by Gasteiger charge is 2.59. The molecule has 0 radical (unpaired) electrons. The first-order valence-electron chi connectivity index (χ1n) is 32.6. The molecule has 16 rings (SSSR count). The van der Waals surface area contributed by atoms with Crippen molar-refractivity contribution in [3.63, 3.8) is 0 Å². The third-order valence-electron chi connectivity index (χ3n) is 23.4. The molecular formula is C80H86BN3OS. The first-order chi connectivity index (χ1) is 40.6. The number of thiophene rings is 1. The molecule has 0 amide bonds. The minimum atomic E-state index is -0.199. The second kappa shape index (κ2) is 17.5. The Labute approximate surface area is 516 Å². The zero-order valence-electron chi connectivity index (χ0n) is 54.1. The summed E-state index contributed by atoms with van der Waals surface area (Å²) in [7, 11) is 0. The van der Waals surface area contributed by atoms with Crippen molar-refractivity contribution in [2.75, 3.05) is 14.7 Å². The van der Waals surface area contributed by atoms with E-state index in [-0.39, 0.29) is 50.2 Å². The molecule has 2 aromatic heterocycles. The number of nitrogens with zero attached hydrogens (tertiary/aromatic N) is 3. The molecule has 3 aliphatic heterocycles. The van der Waals surface area contributed by atoms with E-state index in [1.54, 1.807) is 0 Å². The molecule has 5 heterocycles. The predicted octanol–water partition coefficient (Wildman–Crippen LogP) is 21.1. The van der Waals surface area contributed by atoms with Crippen LogP contribution in [0.2, 0.25) is 0 Å². The van der Waals surface area contributed by atoms with Gasteiger partial charge >= 0.3 is 0 Å². The second-order valence-electron chi connectivity index (χ2n) is 32.5. The van der Waals surface area contributed by atoms with Gasteiger partial charge in [0.25, 0.3) is 6.71 Å². The summed E-state index contributed by atoms with van der Waals surface area (Å²) < 4.78 is 10.2. The summed E-state index contributed by atoms with van der Waals surface area (Å²) in [5.74, 6) is 0. The third-order valence-corrected chi connectivity index (χ3v) is 24.6. The van der Waals surface area contributed by atoms with Gasteiger partial charge in [0.05, 0.1) is 16.9 Å². The lowest BCUT2D eigenvalue weighted by molar-refractivity contribution is 0.195. The summed E-state index contributed by atoms with van der Waals surface area (Å²) in [6, 6.07) is 54.1. The zero-order valence-corrected chi connectivity index (χ0v) is 54.9. The fraction of sp³-hybridized carbons (Fsp3) is 0.400. The maximum Gasteiger partial charge on any atom is 0.252 e. The van der Waals surface area contributed by atoms with Gasteiger partial charge in [-0.3, -0.25) is 0 Å². The fourth-order valence-electron chi connectivity index (χ4n) is 17.7. The molecule has 436 valence electrons. The number of rotatable bonds is 3. The largest absolute Gasteiger partial charge is 0.454 e. The Kier molecular flexibility index (Phi) is 11.1. The van der Waals surface area contributed by atoms with Crippen LogP contribution < -0.4 is 31.1 Å². The van der Waals surface area contributed by atoms with Gasteiger partial charge in [0.15, 0.2) is 5.58 Å². The van der Waals surface area contributed by atoms with Crippen molar-refractivity contribution < 1.29 is 4.42 Å². The predicted molar refractivity (Wildman–Crippen MR) is 371 cm³/mol. The molecule has 6 heteroatoms. The minimum Gasteiger partial charge on any atom is -0.454 e. The van der Waals surface area contributed by atoms with E-state index >= 15 is 0 Å². The van der Waals surface area contributed by atoms with Crippen LogP contribution in [0, 0.1) is 0 Å². The lowest BCUT2D eigenvalue weighted by atomic mass is 9.33. The van der Waals surface area contributed by atoms with Gasteiger partial charge in [0.2, 0.25) is 0 Å². The minimum absolute atomic E-state index is 0.0101. The van der Waals surface area contributed by atoms with Gasteiger partial charge in [-0.1, -0.05) is 183 Å². The maximum atomic E-state index is 7.58. The highest BCUT2D eigenvalue weighted by molar-refractivity contribution is 7.26. The molecule has 1 saturated carbocycles. The van der Waals surface area contributed by atoms with Gasteiger partial charge in [-0.15, -0.1) is 11.3 Å². The lowest BCUT2D eigenvalue weighted by Crippen LogP contribution is -2.62. The number of benzene rings is 8. The monoisotopic (exact) mass is 1150 g/mol. The van der Waals surface area contributed by atoms with E-state index in [2.05, 4.69) is 259 Å². The van der Waals surface area contributed by atoms with E-state index in [1.165, 1.54) is 140 Å². The van der Waals surface area contributed by atoms with E-state index in [0.29, 0.717) is 0 Å². The summed E-state index contributed by atoms with van der Waals surface area (Å²) in [6.07, 6.45) is 9.33. The van der Waals surface area contributed by atoms with Crippen LogP contribution in [0.4, 0.5) is 45.5 Å². The van der Waals surface area contributed by atoms with Gasteiger partial charge in [0.1, 0.15) is 5.58 Å². The summed E-state index contributed by atoms with van der Waals surface area (Å²) in [6.45, 7) is 39.3. The average molecular weight is 1150 g/mol. The summed E-state index contributed by atoms with van der Waals surface area (Å²) in [5.41, 5.74) is 25.9. The van der Waals surface area contributed by atoms with Crippen molar-refractivity contribution in [3.05, 3.63) is 172 Å². The van der Waals surface area contributed by atoms with Crippen LogP contribution in [0.3, 0.4) is 0 Å². The maximum absolute atomic E-state index is 7.58. The quantitative estimate of drug-likeness (QED) is 0.164. The van der Waals surface area contributed by atoms with Crippen LogP contribution in [0.15, 0.2) is 138 Å². The highest BCUT2D eigenvalue weighted by atomic mass is 32.1. The average Bonchev–Trinajstić information content (AvgIpc) is 1.15. The molecule has 0 saturated heterocycles. The van der Waals surface area contributed by atoms with Crippen LogP contribution in [-0.4, -0.2) is 12.3 Å². The van der Waals surface area contributed by atoms with E-state index < -0.39 is 0 Å². The number of anilines is 8. The topological polar surface area (TPSA) is 22.9 Å². The Hall–Kier alpha value is -6.76. The molecule has 6 aliphatic rings. The van der Waals surface area contributed by atoms with Gasteiger partial charge in [-0.25, -0.2) is 0 Å². The van der Waals surface area contributed by atoms with Crippen LogP contribution in [0.1, 0.15) is 201 Å². The third kappa shape index (κ3) is 7.41. The zero-order chi connectivity index (χ0) is 59.9. The molecule has 2 unspecified atom stereocenters. The molecule has 4 nitrogen and oxygen atoms in total. The molecular weight excluding hydrogens is 1060 g/mol. The van der Waals surface area contributed by atoms with Gasteiger partial charge < -0.3 is 19.1 Å². The molecule has 0 N–H and O–H groups in total. The molecule has 86 heavy (non-hydrogen) atoms. The van der Waals surface area contributed by atoms with Crippen LogP contribution in [0.25, 0.3) is 42.1 Å². The van der Waals surface area contributed by atoms with Crippen molar-refractivity contribution in [1.29, 1.82) is 0 Å². The Morgan fingerprint density at radius 2 is 1.07 bits per heavy atom. The summed E-state index contributed by atoms with van der Waals surface area (Å²) >= 11 is 1.91.